The Morgan fingerprint density at radius 2 is 2.11 bits per heavy atom. The summed E-state index contributed by atoms with van der Waals surface area (Å²) in [6.07, 6.45) is 2.79. The lowest BCUT2D eigenvalue weighted by molar-refractivity contribution is -0.122. The molecule has 0 heterocycles. The molecule has 1 unspecified atom stereocenters. The first-order valence-corrected chi connectivity index (χ1v) is 6.76. The lowest BCUT2D eigenvalue weighted by Gasteiger charge is -2.35. The van der Waals surface area contributed by atoms with E-state index in [0.29, 0.717) is 12.5 Å². The van der Waals surface area contributed by atoms with Gasteiger partial charge < -0.3 is 10.1 Å². The normalized spacial score (nSPS) is 24.1. The number of benzene rings is 1. The summed E-state index contributed by atoms with van der Waals surface area (Å²) >= 11 is 4.38. The van der Waals surface area contributed by atoms with Crippen LogP contribution in [0.15, 0.2) is 30.3 Å². The molecule has 2 rings (SSSR count). The largest absolute Gasteiger partial charge is 0.381 e. The number of carbonyl (C=O) groups excluding carboxylic acids is 1. The van der Waals surface area contributed by atoms with Gasteiger partial charge in [0.2, 0.25) is 5.91 Å². The quantitative estimate of drug-likeness (QED) is 0.797. The molecule has 1 fully saturated rings. The van der Waals surface area contributed by atoms with E-state index in [1.54, 1.807) is 7.11 Å². The Hall–Kier alpha value is -1.00. The third-order valence-electron chi connectivity index (χ3n) is 3.35. The number of thiol groups is 1. The van der Waals surface area contributed by atoms with E-state index in [1.165, 1.54) is 0 Å². The highest BCUT2D eigenvalue weighted by Gasteiger charge is 2.31. The van der Waals surface area contributed by atoms with E-state index in [0.717, 1.165) is 18.4 Å². The lowest BCUT2D eigenvalue weighted by atomic mass is 9.89. The smallest absolute Gasteiger partial charge is 0.233 e. The minimum absolute atomic E-state index is 0.0155. The molecule has 1 saturated carbocycles. The molecule has 0 aromatic heterocycles. The standard InChI is InChI=1S/C14H19NO2S/c1-17-12-8-11(9-12)15-14(16)13(18)7-10-5-3-2-4-6-10/h2-6,11-13,18H,7-9H2,1H3,(H,15,16). The second-order valence-electron chi connectivity index (χ2n) is 4.74. The monoisotopic (exact) mass is 265 g/mol. The molecule has 0 saturated heterocycles. The average molecular weight is 265 g/mol. The summed E-state index contributed by atoms with van der Waals surface area (Å²) in [5.41, 5.74) is 1.14. The van der Waals surface area contributed by atoms with Crippen molar-refractivity contribution in [3.8, 4) is 0 Å². The summed E-state index contributed by atoms with van der Waals surface area (Å²) in [4.78, 5) is 11.9. The maximum atomic E-state index is 11.9. The zero-order valence-electron chi connectivity index (χ0n) is 10.5. The first-order valence-electron chi connectivity index (χ1n) is 6.24. The van der Waals surface area contributed by atoms with Crippen molar-refractivity contribution in [3.63, 3.8) is 0 Å². The maximum absolute atomic E-state index is 11.9. The Kier molecular flexibility index (Phi) is 4.66. The van der Waals surface area contributed by atoms with Gasteiger partial charge >= 0.3 is 0 Å². The Labute approximate surface area is 113 Å². The number of methoxy groups -OCH3 is 1. The van der Waals surface area contributed by atoms with Crippen LogP contribution in [0, 0.1) is 0 Å². The number of hydrogen-bond acceptors (Lipinski definition) is 3. The molecular formula is C14H19NO2S. The molecule has 0 aliphatic heterocycles. The van der Waals surface area contributed by atoms with Crippen molar-refractivity contribution in [2.24, 2.45) is 0 Å². The molecule has 0 radical (unpaired) electrons. The van der Waals surface area contributed by atoms with Gasteiger partial charge in [0.1, 0.15) is 0 Å². The Balaban J connectivity index is 1.76. The number of ether oxygens (including phenoxy) is 1. The highest BCUT2D eigenvalue weighted by Crippen LogP contribution is 2.22. The van der Waals surface area contributed by atoms with Gasteiger partial charge in [-0.25, -0.2) is 0 Å². The van der Waals surface area contributed by atoms with Crippen molar-refractivity contribution in [1.29, 1.82) is 0 Å². The van der Waals surface area contributed by atoms with Gasteiger partial charge in [-0.05, 0) is 24.8 Å². The molecule has 1 aromatic carbocycles. The first-order chi connectivity index (χ1) is 8.69. The van der Waals surface area contributed by atoms with Crippen molar-refractivity contribution in [2.45, 2.75) is 36.7 Å². The highest BCUT2D eigenvalue weighted by atomic mass is 32.1. The fourth-order valence-electron chi connectivity index (χ4n) is 2.10. The molecule has 0 bridgehead atoms. The fraction of sp³-hybridized carbons (Fsp3) is 0.500. The Bertz CT molecular complexity index is 390. The van der Waals surface area contributed by atoms with E-state index in [1.807, 2.05) is 30.3 Å². The van der Waals surface area contributed by atoms with Crippen LogP contribution in [0.1, 0.15) is 18.4 Å². The molecule has 3 nitrogen and oxygen atoms in total. The molecule has 1 aliphatic carbocycles. The van der Waals surface area contributed by atoms with Gasteiger partial charge in [-0.15, -0.1) is 0 Å². The average Bonchev–Trinajstić information content (AvgIpc) is 2.34. The summed E-state index contributed by atoms with van der Waals surface area (Å²) in [7, 11) is 1.71. The molecule has 18 heavy (non-hydrogen) atoms. The molecule has 1 atom stereocenters. The molecule has 4 heteroatoms. The highest BCUT2D eigenvalue weighted by molar-refractivity contribution is 7.81. The second kappa shape index (κ2) is 6.25. The van der Waals surface area contributed by atoms with Gasteiger partial charge in [-0.1, -0.05) is 30.3 Å². The van der Waals surface area contributed by atoms with E-state index >= 15 is 0 Å². The zero-order chi connectivity index (χ0) is 13.0. The number of nitrogens with one attached hydrogen (secondary N) is 1. The fourth-order valence-corrected chi connectivity index (χ4v) is 2.39. The molecule has 1 aliphatic rings. The minimum Gasteiger partial charge on any atom is -0.381 e. The van der Waals surface area contributed by atoms with Crippen LogP contribution in [-0.2, 0) is 16.0 Å². The van der Waals surface area contributed by atoms with Crippen LogP contribution in [0.5, 0.6) is 0 Å². The SMILES string of the molecule is COC1CC(NC(=O)C(S)Cc2ccccc2)C1. The van der Waals surface area contributed by atoms with E-state index in [2.05, 4.69) is 17.9 Å². The minimum atomic E-state index is -0.283. The van der Waals surface area contributed by atoms with Crippen LogP contribution < -0.4 is 5.32 Å². The van der Waals surface area contributed by atoms with Gasteiger partial charge in [0, 0.05) is 13.2 Å². The first kappa shape index (κ1) is 13.4. The summed E-state index contributed by atoms with van der Waals surface area (Å²) in [6, 6.07) is 10.2. The lowest BCUT2D eigenvalue weighted by Crippen LogP contribution is -2.49. The Morgan fingerprint density at radius 3 is 2.72 bits per heavy atom. The predicted molar refractivity (Wildman–Crippen MR) is 74.9 cm³/mol. The number of carbonyl (C=O) groups is 1. The van der Waals surface area contributed by atoms with Crippen LogP contribution in [0.2, 0.25) is 0 Å². The van der Waals surface area contributed by atoms with E-state index < -0.39 is 0 Å². The topological polar surface area (TPSA) is 38.3 Å². The predicted octanol–water partition coefficient (Wildman–Crippen LogP) is 1.82. The van der Waals surface area contributed by atoms with Crippen LogP contribution in [-0.4, -0.2) is 30.4 Å². The molecule has 0 spiro atoms. The van der Waals surface area contributed by atoms with Gasteiger partial charge in [-0.3, -0.25) is 4.79 Å². The van der Waals surface area contributed by atoms with Crippen molar-refractivity contribution >= 4 is 18.5 Å². The zero-order valence-corrected chi connectivity index (χ0v) is 11.4. The van der Waals surface area contributed by atoms with Gasteiger partial charge in [0.05, 0.1) is 11.4 Å². The molecule has 1 N–H and O–H groups in total. The number of amides is 1. The van der Waals surface area contributed by atoms with Gasteiger partial charge in [0.15, 0.2) is 0 Å². The maximum Gasteiger partial charge on any atom is 0.233 e. The molecule has 1 aromatic rings. The number of rotatable bonds is 5. The van der Waals surface area contributed by atoms with Crippen LogP contribution in [0.3, 0.4) is 0 Å². The van der Waals surface area contributed by atoms with Gasteiger partial charge in [-0.2, -0.15) is 12.6 Å². The third kappa shape index (κ3) is 3.50. The third-order valence-corrected chi connectivity index (χ3v) is 3.77. The van der Waals surface area contributed by atoms with Crippen molar-refractivity contribution in [3.05, 3.63) is 35.9 Å². The summed E-state index contributed by atoms with van der Waals surface area (Å²) in [5, 5.41) is 2.72. The van der Waals surface area contributed by atoms with Crippen molar-refractivity contribution < 1.29 is 9.53 Å². The van der Waals surface area contributed by atoms with Crippen molar-refractivity contribution in [1.82, 2.24) is 5.32 Å². The Morgan fingerprint density at radius 1 is 1.44 bits per heavy atom. The summed E-state index contributed by atoms with van der Waals surface area (Å²) < 4.78 is 5.18. The number of hydrogen-bond donors (Lipinski definition) is 2. The summed E-state index contributed by atoms with van der Waals surface area (Å²) in [5.74, 6) is 0.0155. The molecule has 98 valence electrons. The second-order valence-corrected chi connectivity index (χ2v) is 5.36. The molecule has 1 amide bonds. The van der Waals surface area contributed by atoms with Gasteiger partial charge in [0.25, 0.3) is 0 Å². The van der Waals surface area contributed by atoms with E-state index in [-0.39, 0.29) is 17.2 Å². The summed E-state index contributed by atoms with van der Waals surface area (Å²) in [6.45, 7) is 0. The van der Waals surface area contributed by atoms with Crippen LogP contribution in [0.4, 0.5) is 0 Å². The van der Waals surface area contributed by atoms with Crippen LogP contribution >= 0.6 is 12.6 Å². The van der Waals surface area contributed by atoms with Crippen LogP contribution in [0.25, 0.3) is 0 Å². The molecular weight excluding hydrogens is 246 g/mol. The van der Waals surface area contributed by atoms with E-state index in [4.69, 9.17) is 4.74 Å². The van der Waals surface area contributed by atoms with E-state index in [9.17, 15) is 4.79 Å². The van der Waals surface area contributed by atoms with Crippen molar-refractivity contribution in [2.75, 3.05) is 7.11 Å².